The molecule has 0 atom stereocenters. The van der Waals surface area contributed by atoms with Crippen molar-refractivity contribution in [3.63, 3.8) is 0 Å². The Morgan fingerprint density at radius 1 is 1.03 bits per heavy atom. The molecule has 0 saturated carbocycles. The molecule has 0 spiro atoms. The molecule has 0 unspecified atom stereocenters. The molecule has 1 aliphatic rings. The van der Waals surface area contributed by atoms with E-state index in [4.69, 9.17) is 18.6 Å². The molecule has 0 amide bonds. The van der Waals surface area contributed by atoms with Gasteiger partial charge in [0.1, 0.15) is 24.3 Å². The van der Waals surface area contributed by atoms with Crippen LogP contribution in [-0.2, 0) is 13.1 Å². The number of benzene rings is 2. The molecule has 0 aliphatic carbocycles. The van der Waals surface area contributed by atoms with Crippen LogP contribution in [0.3, 0.4) is 0 Å². The maximum atomic E-state index is 13.1. The van der Waals surface area contributed by atoms with Gasteiger partial charge in [-0.05, 0) is 42.0 Å². The van der Waals surface area contributed by atoms with Crippen molar-refractivity contribution in [2.24, 2.45) is 0 Å². The van der Waals surface area contributed by atoms with Gasteiger partial charge in [0.2, 0.25) is 11.2 Å². The molecule has 0 fully saturated rings. The second-order valence-corrected chi connectivity index (χ2v) is 7.22. The number of rotatable bonds is 5. The van der Waals surface area contributed by atoms with Crippen LogP contribution in [0.25, 0.3) is 11.0 Å². The molecule has 0 N–H and O–H groups in total. The van der Waals surface area contributed by atoms with Crippen molar-refractivity contribution in [2.45, 2.75) is 13.1 Å². The molecule has 4 aromatic rings. The Bertz CT molecular complexity index is 1290. The molecule has 7 heteroatoms. The summed E-state index contributed by atoms with van der Waals surface area (Å²) < 4.78 is 22.9. The van der Waals surface area contributed by atoms with E-state index < -0.39 is 0 Å². The first-order valence-electron chi connectivity index (χ1n) is 9.85. The first kappa shape index (κ1) is 19.1. The number of hydrogen-bond donors (Lipinski definition) is 0. The van der Waals surface area contributed by atoms with Crippen molar-refractivity contribution in [1.82, 2.24) is 9.88 Å². The number of methoxy groups -OCH3 is 1. The summed E-state index contributed by atoms with van der Waals surface area (Å²) in [6, 6.07) is 14.6. The number of aromatic nitrogens is 1. The highest BCUT2D eigenvalue weighted by atomic mass is 16.5. The number of para-hydroxylation sites is 2. The summed E-state index contributed by atoms with van der Waals surface area (Å²) in [5.74, 6) is 1.80. The van der Waals surface area contributed by atoms with Gasteiger partial charge in [0.25, 0.3) is 0 Å². The number of hydrogen-bond acceptors (Lipinski definition) is 7. The molecule has 2 aromatic heterocycles. The second kappa shape index (κ2) is 8.12. The quantitative estimate of drug-likeness (QED) is 0.479. The molecule has 31 heavy (non-hydrogen) atoms. The van der Waals surface area contributed by atoms with E-state index in [-0.39, 0.29) is 11.2 Å². The van der Waals surface area contributed by atoms with Crippen LogP contribution in [0.4, 0.5) is 0 Å². The van der Waals surface area contributed by atoms with Gasteiger partial charge in [-0.3, -0.25) is 14.7 Å². The maximum Gasteiger partial charge on any atom is 0.235 e. The van der Waals surface area contributed by atoms with E-state index in [1.165, 1.54) is 6.26 Å². The third-order valence-corrected chi connectivity index (χ3v) is 5.20. The minimum atomic E-state index is -0.249. The summed E-state index contributed by atoms with van der Waals surface area (Å²) in [6.07, 6.45) is 4.89. The fourth-order valence-electron chi connectivity index (χ4n) is 3.68. The molecule has 7 nitrogen and oxygen atoms in total. The summed E-state index contributed by atoms with van der Waals surface area (Å²) >= 11 is 0. The van der Waals surface area contributed by atoms with Crippen LogP contribution in [0.1, 0.15) is 11.1 Å². The zero-order valence-corrected chi connectivity index (χ0v) is 16.9. The van der Waals surface area contributed by atoms with Crippen molar-refractivity contribution in [2.75, 3.05) is 13.8 Å². The number of nitrogens with zero attached hydrogens (tertiary/aromatic N) is 2. The van der Waals surface area contributed by atoms with Gasteiger partial charge in [0.15, 0.2) is 11.5 Å². The average molecular weight is 416 g/mol. The molecule has 0 saturated heterocycles. The minimum Gasteiger partial charge on any atom is -0.493 e. The van der Waals surface area contributed by atoms with Gasteiger partial charge in [-0.15, -0.1) is 0 Å². The summed E-state index contributed by atoms with van der Waals surface area (Å²) in [5.41, 5.74) is 2.24. The van der Waals surface area contributed by atoms with E-state index in [1.54, 1.807) is 37.7 Å². The highest BCUT2D eigenvalue weighted by Gasteiger charge is 2.23. The zero-order chi connectivity index (χ0) is 21.2. The topological polar surface area (TPSA) is 74.0 Å². The SMILES string of the molecule is COc1ccccc1Oc1coc2c3c(ccc2c1=O)OCN(Cc1ccncc1)C3. The van der Waals surface area contributed by atoms with Crippen LogP contribution in [0, 0.1) is 0 Å². The molecule has 156 valence electrons. The fraction of sp³-hybridized carbons (Fsp3) is 0.167. The molecule has 5 rings (SSSR count). The van der Waals surface area contributed by atoms with Gasteiger partial charge in [0.05, 0.1) is 18.1 Å². The number of ether oxygens (including phenoxy) is 3. The summed E-state index contributed by atoms with van der Waals surface area (Å²) in [5, 5.41) is 0.445. The van der Waals surface area contributed by atoms with E-state index in [9.17, 15) is 4.79 Å². The molecular formula is C24H20N2O5. The largest absolute Gasteiger partial charge is 0.493 e. The van der Waals surface area contributed by atoms with Gasteiger partial charge in [-0.25, -0.2) is 0 Å². The monoisotopic (exact) mass is 416 g/mol. The van der Waals surface area contributed by atoms with Gasteiger partial charge in [-0.1, -0.05) is 12.1 Å². The van der Waals surface area contributed by atoms with Crippen LogP contribution < -0.4 is 19.6 Å². The molecule has 3 heterocycles. The second-order valence-electron chi connectivity index (χ2n) is 7.22. The van der Waals surface area contributed by atoms with E-state index >= 15 is 0 Å². The van der Waals surface area contributed by atoms with E-state index in [2.05, 4.69) is 9.88 Å². The molecule has 0 bridgehead atoms. The lowest BCUT2D eigenvalue weighted by Gasteiger charge is -2.29. The van der Waals surface area contributed by atoms with Crippen molar-refractivity contribution in [3.05, 3.63) is 88.5 Å². The van der Waals surface area contributed by atoms with Crippen LogP contribution in [0.5, 0.6) is 23.0 Å². The van der Waals surface area contributed by atoms with Crippen LogP contribution >= 0.6 is 0 Å². The molecule has 1 aliphatic heterocycles. The van der Waals surface area contributed by atoms with Crippen LogP contribution in [0.15, 0.2) is 76.4 Å². The van der Waals surface area contributed by atoms with Crippen LogP contribution in [0.2, 0.25) is 0 Å². The highest BCUT2D eigenvalue weighted by Crippen LogP contribution is 2.34. The van der Waals surface area contributed by atoms with Crippen molar-refractivity contribution < 1.29 is 18.6 Å². The van der Waals surface area contributed by atoms with E-state index in [0.29, 0.717) is 42.3 Å². The van der Waals surface area contributed by atoms with E-state index in [1.807, 2.05) is 30.3 Å². The number of fused-ring (bicyclic) bond motifs is 3. The van der Waals surface area contributed by atoms with Gasteiger partial charge < -0.3 is 18.6 Å². The lowest BCUT2D eigenvalue weighted by molar-refractivity contribution is 0.0890. The Labute approximate surface area is 178 Å². The summed E-state index contributed by atoms with van der Waals surface area (Å²) in [7, 11) is 1.55. The first-order valence-corrected chi connectivity index (χ1v) is 9.85. The number of pyridine rings is 1. The zero-order valence-electron chi connectivity index (χ0n) is 16.9. The molecular weight excluding hydrogens is 396 g/mol. The maximum absolute atomic E-state index is 13.1. The van der Waals surface area contributed by atoms with Gasteiger partial charge in [0, 0.05) is 25.5 Å². The Morgan fingerprint density at radius 3 is 2.65 bits per heavy atom. The standard InChI is InChI=1S/C24H20N2O5/c1-28-20-4-2-3-5-21(20)31-22-14-29-24-17(23(22)27)6-7-19-18(24)13-26(15-30-19)12-16-8-10-25-11-9-16/h2-11,14H,12-13,15H2,1H3. The third kappa shape index (κ3) is 3.71. The Morgan fingerprint density at radius 2 is 1.84 bits per heavy atom. The average Bonchev–Trinajstić information content (AvgIpc) is 2.81. The summed E-state index contributed by atoms with van der Waals surface area (Å²) in [4.78, 5) is 19.3. The first-order chi connectivity index (χ1) is 15.2. The third-order valence-electron chi connectivity index (χ3n) is 5.20. The molecule has 2 aromatic carbocycles. The van der Waals surface area contributed by atoms with Crippen molar-refractivity contribution in [1.29, 1.82) is 0 Å². The Balaban J connectivity index is 1.47. The lowest BCUT2D eigenvalue weighted by atomic mass is 10.1. The predicted octanol–water partition coefficient (Wildman–Crippen LogP) is 4.34. The van der Waals surface area contributed by atoms with Crippen molar-refractivity contribution in [3.8, 4) is 23.0 Å². The van der Waals surface area contributed by atoms with Crippen LogP contribution in [-0.4, -0.2) is 23.7 Å². The summed E-state index contributed by atoms with van der Waals surface area (Å²) in [6.45, 7) is 1.77. The molecule has 0 radical (unpaired) electrons. The lowest BCUT2D eigenvalue weighted by Crippen LogP contribution is -2.31. The van der Waals surface area contributed by atoms with Gasteiger partial charge >= 0.3 is 0 Å². The normalized spacial score (nSPS) is 13.5. The Hall–Kier alpha value is -3.84. The van der Waals surface area contributed by atoms with Crippen molar-refractivity contribution >= 4 is 11.0 Å². The fourth-order valence-corrected chi connectivity index (χ4v) is 3.68. The van der Waals surface area contributed by atoms with E-state index in [0.717, 1.165) is 16.9 Å². The highest BCUT2D eigenvalue weighted by molar-refractivity contribution is 5.83. The minimum absolute atomic E-state index is 0.0994. The smallest absolute Gasteiger partial charge is 0.235 e. The Kier molecular flexibility index (Phi) is 5.01. The van der Waals surface area contributed by atoms with Gasteiger partial charge in [-0.2, -0.15) is 0 Å². The predicted molar refractivity (Wildman–Crippen MR) is 115 cm³/mol.